The topological polar surface area (TPSA) is 42.8 Å². The van der Waals surface area contributed by atoms with E-state index >= 15 is 0 Å². The van der Waals surface area contributed by atoms with E-state index in [2.05, 4.69) is 53.3 Å². The van der Waals surface area contributed by atoms with Crippen molar-refractivity contribution < 1.29 is 14.4 Å². The molecule has 2 N–H and O–H groups in total. The number of amides is 1. The highest BCUT2D eigenvalue weighted by atomic mass is 79.9. The van der Waals surface area contributed by atoms with Gasteiger partial charge < -0.3 is 15.0 Å². The SMILES string of the molecule is CCc1cccc(CC)c1NC(=O)C[NH+](C)Cc1cc(Br)ccc1OC. The zero-order chi connectivity index (χ0) is 19.1. The van der Waals surface area contributed by atoms with Crippen molar-refractivity contribution in [1.82, 2.24) is 0 Å². The predicted molar refractivity (Wildman–Crippen MR) is 110 cm³/mol. The molecule has 1 amide bonds. The van der Waals surface area contributed by atoms with Crippen LogP contribution in [0.15, 0.2) is 40.9 Å². The fraction of sp³-hybridized carbons (Fsp3) is 0.381. The second-order valence-corrected chi connectivity index (χ2v) is 7.39. The van der Waals surface area contributed by atoms with E-state index in [1.807, 2.05) is 25.2 Å². The molecule has 1 unspecified atom stereocenters. The van der Waals surface area contributed by atoms with Gasteiger partial charge in [0.15, 0.2) is 6.54 Å². The zero-order valence-corrected chi connectivity index (χ0v) is 17.6. The number of nitrogens with one attached hydrogen (secondary N) is 2. The molecule has 0 heterocycles. The van der Waals surface area contributed by atoms with Gasteiger partial charge in [-0.15, -0.1) is 0 Å². The Hall–Kier alpha value is -1.85. The first-order valence-corrected chi connectivity index (χ1v) is 9.82. The molecule has 0 saturated heterocycles. The molecule has 2 aromatic carbocycles. The van der Waals surface area contributed by atoms with Gasteiger partial charge in [-0.3, -0.25) is 4.79 Å². The summed E-state index contributed by atoms with van der Waals surface area (Å²) < 4.78 is 6.44. The van der Waals surface area contributed by atoms with Crippen molar-refractivity contribution in [3.8, 4) is 5.75 Å². The number of benzene rings is 2. The summed E-state index contributed by atoms with van der Waals surface area (Å²) in [6.07, 6.45) is 1.81. The summed E-state index contributed by atoms with van der Waals surface area (Å²) in [5.74, 6) is 0.879. The molecular formula is C21H28BrN2O2+. The van der Waals surface area contributed by atoms with E-state index in [9.17, 15) is 4.79 Å². The van der Waals surface area contributed by atoms with E-state index in [4.69, 9.17) is 4.74 Å². The maximum atomic E-state index is 12.6. The van der Waals surface area contributed by atoms with Gasteiger partial charge in [-0.05, 0) is 42.2 Å². The van der Waals surface area contributed by atoms with Crippen LogP contribution < -0.4 is 15.0 Å². The first-order valence-electron chi connectivity index (χ1n) is 9.02. The minimum Gasteiger partial charge on any atom is -0.496 e. The summed E-state index contributed by atoms with van der Waals surface area (Å²) in [4.78, 5) is 13.7. The van der Waals surface area contributed by atoms with Gasteiger partial charge in [0.1, 0.15) is 12.3 Å². The normalized spacial score (nSPS) is 11.9. The highest BCUT2D eigenvalue weighted by Gasteiger charge is 2.16. The van der Waals surface area contributed by atoms with E-state index in [0.717, 1.165) is 39.2 Å². The van der Waals surface area contributed by atoms with Crippen LogP contribution >= 0.6 is 15.9 Å². The van der Waals surface area contributed by atoms with Crippen LogP contribution in [0.3, 0.4) is 0 Å². The monoisotopic (exact) mass is 419 g/mol. The molecule has 26 heavy (non-hydrogen) atoms. The van der Waals surface area contributed by atoms with Crippen LogP contribution in [0.1, 0.15) is 30.5 Å². The van der Waals surface area contributed by atoms with Crippen LogP contribution in [0.5, 0.6) is 5.75 Å². The average molecular weight is 420 g/mol. The van der Waals surface area contributed by atoms with Gasteiger partial charge in [-0.25, -0.2) is 0 Å². The second-order valence-electron chi connectivity index (χ2n) is 6.47. The van der Waals surface area contributed by atoms with E-state index in [0.29, 0.717) is 13.1 Å². The number of quaternary nitrogens is 1. The lowest BCUT2D eigenvalue weighted by atomic mass is 10.0. The molecule has 0 aliphatic carbocycles. The lowest BCUT2D eigenvalue weighted by Gasteiger charge is -2.18. The predicted octanol–water partition coefficient (Wildman–Crippen LogP) is 3.24. The number of methoxy groups -OCH3 is 1. The minimum atomic E-state index is 0.0343. The largest absolute Gasteiger partial charge is 0.496 e. The number of carbonyl (C=O) groups is 1. The number of carbonyl (C=O) groups excluding carboxylic acids is 1. The Morgan fingerprint density at radius 2 is 1.77 bits per heavy atom. The summed E-state index contributed by atoms with van der Waals surface area (Å²) in [5.41, 5.74) is 4.43. The number of ether oxygens (including phenoxy) is 1. The molecule has 0 saturated carbocycles. The fourth-order valence-corrected chi connectivity index (χ4v) is 3.54. The van der Waals surface area contributed by atoms with E-state index < -0.39 is 0 Å². The molecule has 0 spiro atoms. The van der Waals surface area contributed by atoms with Gasteiger partial charge in [0, 0.05) is 15.7 Å². The summed E-state index contributed by atoms with van der Waals surface area (Å²) in [6.45, 7) is 5.34. The third kappa shape index (κ3) is 5.32. The summed E-state index contributed by atoms with van der Waals surface area (Å²) in [7, 11) is 3.69. The van der Waals surface area contributed by atoms with Gasteiger partial charge in [0.05, 0.1) is 14.2 Å². The molecule has 1 atom stereocenters. The average Bonchev–Trinajstić information content (AvgIpc) is 2.61. The number of rotatable bonds is 8. The molecule has 0 aromatic heterocycles. The van der Waals surface area contributed by atoms with Crippen LogP contribution in [0.2, 0.25) is 0 Å². The smallest absolute Gasteiger partial charge is 0.279 e. The van der Waals surface area contributed by atoms with Crippen LogP contribution in [0.25, 0.3) is 0 Å². The molecule has 0 aliphatic rings. The Bertz CT molecular complexity index is 739. The van der Waals surface area contributed by atoms with Crippen molar-refractivity contribution in [3.63, 3.8) is 0 Å². The van der Waals surface area contributed by atoms with E-state index in [-0.39, 0.29) is 5.91 Å². The number of hydrogen-bond acceptors (Lipinski definition) is 2. The molecule has 0 fully saturated rings. The Balaban J connectivity index is 2.06. The number of hydrogen-bond donors (Lipinski definition) is 2. The Kier molecular flexibility index (Phi) is 7.66. The molecule has 0 radical (unpaired) electrons. The van der Waals surface area contributed by atoms with Crippen LogP contribution in [0.4, 0.5) is 5.69 Å². The third-order valence-electron chi connectivity index (χ3n) is 4.46. The molecule has 0 aliphatic heterocycles. The maximum Gasteiger partial charge on any atom is 0.279 e. The number of anilines is 1. The maximum absolute atomic E-state index is 12.6. The quantitative estimate of drug-likeness (QED) is 0.689. The zero-order valence-electron chi connectivity index (χ0n) is 16.0. The number of aryl methyl sites for hydroxylation is 2. The Morgan fingerprint density at radius 1 is 1.12 bits per heavy atom. The Labute approximate surface area is 164 Å². The minimum absolute atomic E-state index is 0.0343. The number of para-hydroxylation sites is 1. The van der Waals surface area contributed by atoms with Crippen LogP contribution in [-0.4, -0.2) is 26.6 Å². The van der Waals surface area contributed by atoms with Gasteiger partial charge in [-0.1, -0.05) is 48.0 Å². The van der Waals surface area contributed by atoms with Crippen LogP contribution in [-0.2, 0) is 24.2 Å². The standard InChI is InChI=1S/C21H27BrN2O2/c1-5-15-8-7-9-16(6-2)21(15)23-20(25)14-24(3)13-17-12-18(22)10-11-19(17)26-4/h7-12H,5-6,13-14H2,1-4H3,(H,23,25)/p+1. The van der Waals surface area contributed by atoms with Crippen molar-refractivity contribution in [3.05, 3.63) is 57.6 Å². The highest BCUT2D eigenvalue weighted by Crippen LogP contribution is 2.23. The van der Waals surface area contributed by atoms with Crippen LogP contribution in [0, 0.1) is 0 Å². The lowest BCUT2D eigenvalue weighted by Crippen LogP contribution is -3.08. The second kappa shape index (κ2) is 9.74. The van der Waals surface area contributed by atoms with Crippen molar-refractivity contribution >= 4 is 27.5 Å². The van der Waals surface area contributed by atoms with E-state index in [1.165, 1.54) is 11.1 Å². The van der Waals surface area contributed by atoms with Crippen molar-refractivity contribution in [2.24, 2.45) is 0 Å². The highest BCUT2D eigenvalue weighted by molar-refractivity contribution is 9.10. The molecule has 5 heteroatoms. The van der Waals surface area contributed by atoms with Gasteiger partial charge in [-0.2, -0.15) is 0 Å². The van der Waals surface area contributed by atoms with Crippen molar-refractivity contribution in [2.75, 3.05) is 26.0 Å². The van der Waals surface area contributed by atoms with E-state index in [1.54, 1.807) is 7.11 Å². The third-order valence-corrected chi connectivity index (χ3v) is 4.95. The van der Waals surface area contributed by atoms with Gasteiger partial charge in [0.25, 0.3) is 5.91 Å². The molecule has 140 valence electrons. The molecule has 2 aromatic rings. The number of halogens is 1. The first kappa shape index (κ1) is 20.5. The molecule has 4 nitrogen and oxygen atoms in total. The first-order chi connectivity index (χ1) is 12.5. The number of likely N-dealkylation sites (N-methyl/N-ethyl adjacent to an activating group) is 1. The van der Waals surface area contributed by atoms with Gasteiger partial charge in [0.2, 0.25) is 0 Å². The Morgan fingerprint density at radius 3 is 2.35 bits per heavy atom. The summed E-state index contributed by atoms with van der Waals surface area (Å²) in [5, 5.41) is 3.14. The van der Waals surface area contributed by atoms with Crippen molar-refractivity contribution in [2.45, 2.75) is 33.2 Å². The molecule has 2 rings (SSSR count). The van der Waals surface area contributed by atoms with Gasteiger partial charge >= 0.3 is 0 Å². The fourth-order valence-electron chi connectivity index (χ4n) is 3.13. The molecular weight excluding hydrogens is 392 g/mol. The lowest BCUT2D eigenvalue weighted by molar-refractivity contribution is -0.885. The summed E-state index contributed by atoms with van der Waals surface area (Å²) in [6, 6.07) is 12.2. The summed E-state index contributed by atoms with van der Waals surface area (Å²) >= 11 is 3.50. The molecule has 0 bridgehead atoms. The van der Waals surface area contributed by atoms with Crippen molar-refractivity contribution in [1.29, 1.82) is 0 Å².